The Labute approximate surface area is 259 Å². The first-order valence-corrected chi connectivity index (χ1v) is 15.2. The van der Waals surface area contributed by atoms with Crippen LogP contribution in [-0.4, -0.2) is 49.7 Å². The SMILES string of the molecule is N#CCC1(Cn2c(CN3CCC(Oc4cccc(COc5ccc(Cl)cc5F)n4)CC3)nc3ccc(CC(=O)O)cc32)CC1. The molecule has 0 atom stereocenters. The molecule has 44 heavy (non-hydrogen) atoms. The number of nitrogens with zero attached hydrogens (tertiary/aromatic N) is 5. The van der Waals surface area contributed by atoms with Crippen LogP contribution in [0.15, 0.2) is 54.6 Å². The van der Waals surface area contributed by atoms with E-state index in [4.69, 9.17) is 26.1 Å². The molecule has 4 aromatic rings. The summed E-state index contributed by atoms with van der Waals surface area (Å²) in [6, 6.07) is 17.8. The van der Waals surface area contributed by atoms with Crippen LogP contribution in [0.2, 0.25) is 5.02 Å². The van der Waals surface area contributed by atoms with Gasteiger partial charge in [0.2, 0.25) is 5.88 Å². The summed E-state index contributed by atoms with van der Waals surface area (Å²) in [5.41, 5.74) is 3.10. The second-order valence-corrected chi connectivity index (χ2v) is 12.2. The first-order valence-electron chi connectivity index (χ1n) is 14.8. The molecule has 1 saturated heterocycles. The van der Waals surface area contributed by atoms with Crippen LogP contribution >= 0.6 is 11.6 Å². The quantitative estimate of drug-likeness (QED) is 0.201. The number of imidazole rings is 1. The van der Waals surface area contributed by atoms with Gasteiger partial charge in [-0.05, 0) is 67.6 Å². The van der Waals surface area contributed by atoms with E-state index in [0.29, 0.717) is 36.1 Å². The number of likely N-dealkylation sites (tertiary alicyclic amines) is 1. The molecule has 2 aliphatic rings. The number of rotatable bonds is 12. The Hall–Kier alpha value is -4.20. The fourth-order valence-corrected chi connectivity index (χ4v) is 5.93. The Bertz CT molecular complexity index is 1710. The van der Waals surface area contributed by atoms with Crippen LogP contribution in [0.1, 0.15) is 49.2 Å². The van der Waals surface area contributed by atoms with E-state index >= 15 is 0 Å². The number of hydrogen-bond acceptors (Lipinski definition) is 7. The monoisotopic (exact) mass is 617 g/mol. The molecule has 1 aliphatic heterocycles. The van der Waals surface area contributed by atoms with Gasteiger partial charge in [-0.25, -0.2) is 14.4 Å². The minimum absolute atomic E-state index is 0.00591. The van der Waals surface area contributed by atoms with Gasteiger partial charge >= 0.3 is 5.97 Å². The van der Waals surface area contributed by atoms with E-state index in [1.807, 2.05) is 36.4 Å². The lowest BCUT2D eigenvalue weighted by Gasteiger charge is -2.32. The number of benzene rings is 2. The van der Waals surface area contributed by atoms with Crippen molar-refractivity contribution in [3.63, 3.8) is 0 Å². The molecular formula is C33H33ClFN5O4. The van der Waals surface area contributed by atoms with Gasteiger partial charge in [0.1, 0.15) is 18.5 Å². The van der Waals surface area contributed by atoms with Crippen molar-refractivity contribution in [2.45, 2.75) is 64.3 Å². The van der Waals surface area contributed by atoms with Gasteiger partial charge in [-0.1, -0.05) is 23.7 Å². The van der Waals surface area contributed by atoms with Crippen LogP contribution in [0, 0.1) is 22.6 Å². The molecule has 0 radical (unpaired) electrons. The van der Waals surface area contributed by atoms with Gasteiger partial charge in [-0.15, -0.1) is 0 Å². The maximum absolute atomic E-state index is 14.1. The minimum Gasteiger partial charge on any atom is -0.484 e. The van der Waals surface area contributed by atoms with Crippen molar-refractivity contribution >= 4 is 28.6 Å². The molecule has 0 unspecified atom stereocenters. The average molecular weight is 618 g/mol. The van der Waals surface area contributed by atoms with E-state index in [0.717, 1.165) is 61.2 Å². The number of piperidine rings is 1. The summed E-state index contributed by atoms with van der Waals surface area (Å²) in [5.74, 6) is 0.160. The molecule has 11 heteroatoms. The van der Waals surface area contributed by atoms with Crippen molar-refractivity contribution in [1.82, 2.24) is 19.4 Å². The highest BCUT2D eigenvalue weighted by Gasteiger charge is 2.43. The number of carboxylic acid groups (broad SMARTS) is 1. The zero-order valence-electron chi connectivity index (χ0n) is 24.2. The molecule has 1 N–H and O–H groups in total. The predicted molar refractivity (Wildman–Crippen MR) is 162 cm³/mol. The fourth-order valence-electron chi connectivity index (χ4n) is 5.77. The summed E-state index contributed by atoms with van der Waals surface area (Å²) in [6.45, 7) is 3.10. The number of halogens is 2. The first-order chi connectivity index (χ1) is 21.3. The Morgan fingerprint density at radius 2 is 1.95 bits per heavy atom. The molecule has 0 bridgehead atoms. The van der Waals surface area contributed by atoms with Crippen LogP contribution < -0.4 is 9.47 Å². The molecule has 228 valence electrons. The minimum atomic E-state index is -0.868. The van der Waals surface area contributed by atoms with Crippen LogP contribution in [0.5, 0.6) is 11.6 Å². The third-order valence-corrected chi connectivity index (χ3v) is 8.62. The molecule has 6 rings (SSSR count). The van der Waals surface area contributed by atoms with E-state index in [-0.39, 0.29) is 30.3 Å². The van der Waals surface area contributed by atoms with Crippen LogP contribution in [0.25, 0.3) is 11.0 Å². The summed E-state index contributed by atoms with van der Waals surface area (Å²) in [7, 11) is 0. The fraction of sp³-hybridized carbons (Fsp3) is 0.394. The summed E-state index contributed by atoms with van der Waals surface area (Å²) >= 11 is 5.82. The Kier molecular flexibility index (Phi) is 8.69. The lowest BCUT2D eigenvalue weighted by Crippen LogP contribution is -2.38. The van der Waals surface area contributed by atoms with Crippen LogP contribution in [0.3, 0.4) is 0 Å². The van der Waals surface area contributed by atoms with Crippen molar-refractivity contribution in [2.24, 2.45) is 5.41 Å². The highest BCUT2D eigenvalue weighted by atomic mass is 35.5. The van der Waals surface area contributed by atoms with Gasteiger partial charge in [0.15, 0.2) is 11.6 Å². The van der Waals surface area contributed by atoms with Crippen molar-refractivity contribution in [1.29, 1.82) is 5.26 Å². The summed E-state index contributed by atoms with van der Waals surface area (Å²) in [5, 5.41) is 19.0. The van der Waals surface area contributed by atoms with E-state index in [1.54, 1.807) is 6.07 Å². The van der Waals surface area contributed by atoms with Crippen molar-refractivity contribution in [3.8, 4) is 17.7 Å². The highest BCUT2D eigenvalue weighted by Crippen LogP contribution is 2.50. The second-order valence-electron chi connectivity index (χ2n) is 11.8. The predicted octanol–water partition coefficient (Wildman–Crippen LogP) is 6.17. The van der Waals surface area contributed by atoms with Gasteiger partial charge in [0.25, 0.3) is 0 Å². The lowest BCUT2D eigenvalue weighted by atomic mass is 10.0. The molecule has 9 nitrogen and oxygen atoms in total. The summed E-state index contributed by atoms with van der Waals surface area (Å²) < 4.78 is 28.1. The topological polar surface area (TPSA) is 114 Å². The number of hydrogen-bond donors (Lipinski definition) is 1. The lowest BCUT2D eigenvalue weighted by molar-refractivity contribution is -0.136. The Morgan fingerprint density at radius 3 is 2.68 bits per heavy atom. The normalized spacial score (nSPS) is 16.5. The van der Waals surface area contributed by atoms with Gasteiger partial charge < -0.3 is 19.1 Å². The maximum atomic E-state index is 14.1. The van der Waals surface area contributed by atoms with Crippen molar-refractivity contribution in [3.05, 3.63) is 82.5 Å². The zero-order valence-corrected chi connectivity index (χ0v) is 25.0. The molecular weight excluding hydrogens is 585 g/mol. The van der Waals surface area contributed by atoms with Crippen molar-refractivity contribution < 1.29 is 23.8 Å². The van der Waals surface area contributed by atoms with Gasteiger partial charge in [0, 0.05) is 42.6 Å². The number of nitriles is 1. The summed E-state index contributed by atoms with van der Waals surface area (Å²) in [4.78, 5) is 23.2. The molecule has 2 aromatic heterocycles. The third-order valence-electron chi connectivity index (χ3n) is 8.39. The van der Waals surface area contributed by atoms with Gasteiger partial charge in [-0.3, -0.25) is 9.69 Å². The number of carbonyl (C=O) groups is 1. The van der Waals surface area contributed by atoms with E-state index in [2.05, 4.69) is 20.5 Å². The number of fused-ring (bicyclic) bond motifs is 1. The van der Waals surface area contributed by atoms with Gasteiger partial charge in [0.05, 0.1) is 35.8 Å². The number of pyridine rings is 1. The molecule has 2 aromatic carbocycles. The molecule has 0 amide bonds. The van der Waals surface area contributed by atoms with E-state index in [1.165, 1.54) is 12.1 Å². The third kappa shape index (κ3) is 7.12. The van der Waals surface area contributed by atoms with E-state index < -0.39 is 11.8 Å². The van der Waals surface area contributed by atoms with E-state index in [9.17, 15) is 19.6 Å². The largest absolute Gasteiger partial charge is 0.484 e. The van der Waals surface area contributed by atoms with Crippen LogP contribution in [-0.2, 0) is 30.9 Å². The maximum Gasteiger partial charge on any atom is 0.307 e. The van der Waals surface area contributed by atoms with Crippen molar-refractivity contribution in [2.75, 3.05) is 13.1 Å². The van der Waals surface area contributed by atoms with Crippen LogP contribution in [0.4, 0.5) is 4.39 Å². The average Bonchev–Trinajstić information content (AvgIpc) is 3.68. The first kappa shape index (κ1) is 29.9. The summed E-state index contributed by atoms with van der Waals surface area (Å²) in [6.07, 6.45) is 4.13. The molecule has 2 fully saturated rings. The molecule has 3 heterocycles. The number of aromatic nitrogens is 3. The second kappa shape index (κ2) is 12.8. The molecule has 1 saturated carbocycles. The number of ether oxygens (including phenoxy) is 2. The zero-order chi connectivity index (χ0) is 30.7. The number of aliphatic carboxylic acids is 1. The Balaban J connectivity index is 1.09. The molecule has 0 spiro atoms. The number of carboxylic acids is 1. The highest BCUT2D eigenvalue weighted by molar-refractivity contribution is 6.30. The molecule has 1 aliphatic carbocycles. The van der Waals surface area contributed by atoms with Gasteiger partial charge in [-0.2, -0.15) is 5.26 Å². The Morgan fingerprint density at radius 1 is 1.14 bits per heavy atom. The standard InChI is InChI=1S/C33H33ClFN5O4/c34-23-5-7-29(26(35)18-23)43-20-24-2-1-3-31(37-24)44-25-8-14-39(15-9-25)19-30-38-27-6-4-22(17-32(41)42)16-28(27)40(30)21-33(10-11-33)12-13-36/h1-7,16,18,25H,8-12,14-15,17,19-21H2,(H,41,42). The smallest absolute Gasteiger partial charge is 0.307 e.